The second kappa shape index (κ2) is 57.6. The van der Waals surface area contributed by atoms with Crippen molar-refractivity contribution >= 4 is 137 Å². The van der Waals surface area contributed by atoms with Crippen molar-refractivity contribution in [2.75, 3.05) is 118 Å². The Kier molecular flexibility index (Phi) is 47.6. The van der Waals surface area contributed by atoms with Gasteiger partial charge in [0.05, 0.1) is 49.6 Å². The van der Waals surface area contributed by atoms with Crippen LogP contribution in [-0.4, -0.2) is 348 Å². The van der Waals surface area contributed by atoms with E-state index >= 15 is 9.59 Å². The van der Waals surface area contributed by atoms with Gasteiger partial charge in [-0.2, -0.15) is 0 Å². The molecule has 44 nitrogen and oxygen atoms in total. The number of primary amides is 1. The SMILES string of the molecule is CC(C)C[C@H](NC(=O)[C@@H](CCCCNC(=O)CCCCCCCCCCNC(=O)CN1CCN(CC(=O)[O-])CCN(CC(=O)[O-])CCN(CC(=O)[O-])CC1)NC(=O)[C@H](Cc1ccc(O)cc1)NC(=O)[C@H](CO)NC(=O)[C@H](Cc1c[nH]c2ccccc12)NC(=O)[C@H](Cc1c[nH]cn1)NC(=O)[C@@H]1CCC(=O)N1)C(=O)N[C@@H](CCCNC(=N)N)C(=O)N1CCC[C@H]1C(=O)NCC(N)=O.[111In+3]. The van der Waals surface area contributed by atoms with E-state index in [2.05, 4.69) is 78.8 Å². The Bertz CT molecular complexity index is 4400. The molecule has 3 fully saturated rings. The number of aromatic amines is 2. The molecule has 0 bridgehead atoms. The number of carboxylic acids is 3. The van der Waals surface area contributed by atoms with E-state index in [9.17, 15) is 92.7 Å². The number of carbonyl (C=O) groups excluding carboxylic acids is 16. The number of benzene rings is 2. The van der Waals surface area contributed by atoms with Crippen LogP contribution in [0.3, 0.4) is 0 Å². The summed E-state index contributed by atoms with van der Waals surface area (Å²) in [4.78, 5) is 234. The smallest absolute Gasteiger partial charge is 0.549 e. The fraction of sp³-hybridized carbons (Fsp3) is 0.605. The number of nitrogens with zero attached hydrogens (tertiary/aromatic N) is 6. The van der Waals surface area contributed by atoms with Gasteiger partial charge >= 0.3 is 25.8 Å². The molecule has 3 aliphatic rings. The number of rotatable bonds is 55. The third kappa shape index (κ3) is 40.0. The molecule has 0 spiro atoms. The van der Waals surface area contributed by atoms with Crippen molar-refractivity contribution in [2.45, 2.75) is 209 Å². The summed E-state index contributed by atoms with van der Waals surface area (Å²) < 4.78 is 0. The molecule has 13 amide bonds. The first kappa shape index (κ1) is 108. The van der Waals surface area contributed by atoms with Gasteiger partial charge in [-0.1, -0.05) is 82.7 Å². The number of imidazole rings is 1. The molecular weight excluding hydrogens is 1800 g/mol. The van der Waals surface area contributed by atoms with Crippen LogP contribution in [0.1, 0.15) is 153 Å². The first-order chi connectivity index (χ1) is 62.2. The average molecular weight is 1930 g/mol. The number of aliphatic carboxylic acids is 3. The van der Waals surface area contributed by atoms with Crippen LogP contribution >= 0.6 is 0 Å². The van der Waals surface area contributed by atoms with Gasteiger partial charge in [0.2, 0.25) is 76.8 Å². The molecule has 0 saturated carbocycles. The number of nitrogens with two attached hydrogens (primary N) is 2. The largest absolute Gasteiger partial charge is 3.00 e. The first-order valence-corrected chi connectivity index (χ1v) is 44.5. The summed E-state index contributed by atoms with van der Waals surface area (Å²) in [6, 6.07) is 0.00620. The number of phenols is 1. The van der Waals surface area contributed by atoms with Gasteiger partial charge in [-0.25, -0.2) is 4.98 Å². The minimum Gasteiger partial charge on any atom is -0.549 e. The molecule has 2 aromatic heterocycles. The molecule has 21 N–H and O–H groups in total. The molecule has 7 rings (SSSR count). The van der Waals surface area contributed by atoms with Crippen molar-refractivity contribution in [3.05, 3.63) is 84.1 Å². The molecule has 9 atom stereocenters. The van der Waals surface area contributed by atoms with Crippen LogP contribution < -0.4 is 90.6 Å². The van der Waals surface area contributed by atoms with Crippen LogP contribution in [0.15, 0.2) is 67.3 Å². The Morgan fingerprint density at radius 3 is 1.58 bits per heavy atom. The summed E-state index contributed by atoms with van der Waals surface area (Å²) in [5.41, 5.74) is 12.8. The minimum absolute atomic E-state index is 0. The zero-order valence-electron chi connectivity index (χ0n) is 74.5. The summed E-state index contributed by atoms with van der Waals surface area (Å²) in [7, 11) is 0. The topological polar surface area (TPSA) is 664 Å². The summed E-state index contributed by atoms with van der Waals surface area (Å²) in [5, 5.41) is 96.7. The number of carbonyl (C=O) groups is 16. The van der Waals surface area contributed by atoms with Crippen LogP contribution in [0.5, 0.6) is 5.75 Å². The number of hydrogen-bond donors (Lipinski definition) is 19. The predicted octanol–water partition coefficient (Wildman–Crippen LogP) is -7.81. The van der Waals surface area contributed by atoms with Crippen LogP contribution in [-0.2, 0) is 96.0 Å². The molecule has 5 heterocycles. The molecule has 4 aromatic rings. The molecule has 716 valence electrons. The van der Waals surface area contributed by atoms with Crippen molar-refractivity contribution in [2.24, 2.45) is 17.4 Å². The minimum atomic E-state index is -1.85. The van der Waals surface area contributed by atoms with E-state index in [1.165, 1.54) is 41.7 Å². The number of unbranched alkanes of at least 4 members (excludes halogenated alkanes) is 8. The maximum Gasteiger partial charge on any atom is 3.00 e. The maximum absolute atomic E-state index is 15.2. The number of amides is 13. The molecule has 2 aromatic carbocycles. The Morgan fingerprint density at radius 2 is 1.02 bits per heavy atom. The molecule has 0 aliphatic carbocycles. The normalized spacial score (nSPS) is 16.9. The molecule has 45 heteroatoms. The second-order valence-electron chi connectivity index (χ2n) is 33.4. The van der Waals surface area contributed by atoms with Crippen LogP contribution in [0, 0.1) is 11.3 Å². The third-order valence-electron chi connectivity index (χ3n) is 22.6. The molecular formula is C86H128InN23O21. The first-order valence-electron chi connectivity index (χ1n) is 44.5. The number of aliphatic hydroxyl groups is 1. The fourth-order valence-electron chi connectivity index (χ4n) is 15.6. The number of para-hydroxylation sites is 1. The predicted molar refractivity (Wildman–Crippen MR) is 471 cm³/mol. The number of phenolic OH excluding ortho intramolecular Hbond substituents is 1. The molecule has 3 aliphatic heterocycles. The van der Waals surface area contributed by atoms with E-state index in [1.54, 1.807) is 59.0 Å². The van der Waals surface area contributed by atoms with Gasteiger partial charge in [0.15, 0.2) is 5.96 Å². The molecule has 0 unspecified atom stereocenters. The zero-order valence-corrected chi connectivity index (χ0v) is 77.8. The van der Waals surface area contributed by atoms with Crippen LogP contribution in [0.25, 0.3) is 10.9 Å². The number of fused-ring (bicyclic) bond motifs is 1. The van der Waals surface area contributed by atoms with Crippen molar-refractivity contribution in [3.63, 3.8) is 0 Å². The fourth-order valence-corrected chi connectivity index (χ4v) is 15.6. The van der Waals surface area contributed by atoms with Gasteiger partial charge in [-0.3, -0.25) is 87.3 Å². The van der Waals surface area contributed by atoms with Gasteiger partial charge < -0.3 is 130 Å². The van der Waals surface area contributed by atoms with Gasteiger partial charge in [0, 0.05) is 154 Å². The van der Waals surface area contributed by atoms with Crippen LogP contribution in [0.2, 0.25) is 0 Å². The number of hydrogen-bond acceptors (Lipinski definition) is 27. The van der Waals surface area contributed by atoms with Gasteiger partial charge in [0.1, 0.15) is 60.1 Å². The quantitative estimate of drug-likeness (QED) is 0.0111. The van der Waals surface area contributed by atoms with E-state index in [0.717, 1.165) is 38.5 Å². The number of aromatic nitrogens is 3. The van der Waals surface area contributed by atoms with Crippen molar-refractivity contribution in [1.82, 2.24) is 103 Å². The maximum atomic E-state index is 15.2. The summed E-state index contributed by atoms with van der Waals surface area (Å²) in [6.45, 7) is 3.06. The standard InChI is InChI=1S/C86H131N23O21.In/c1-54(2)41-64(79(124)99-63(20-15-31-93-86(88)89)85(130)109-32-16-21-69(109)84(129)95-47-70(87)112)100-77(122)61(19-12-14-30-91-71(113)22-9-7-5-3-4-6-8-13-29-92-73(115)48-105-33-35-106(49-74(116)117)37-39-108(51-76(120)121)40-38-107(36-34-105)50-75(118)119)98-80(125)65(42-55-23-25-58(111)26-24-55)101-83(128)68(52-110)104-81(126)66(43-56-45-94-60-18-11-10-17-59(56)60)102-82(127)67(44-57-46-90-53-96-57)103-78(123)62-27-28-72(114)97-62;/h10-11,17-18,23-26,45-46,53-54,61-69,94,110-111H,3-9,12-16,19-22,27-44,47-52H2,1-2H3,(H2,87,112)(H,90,96)(H,91,113)(H,92,115)(H,95,129)(H,97,114)(H,98,125)(H,99,124)(H,100,122)(H,101,128)(H,102,127)(H,103,123)(H,104,126)(H,116,117)(H,118,119)(H,120,121)(H4,88,89,93);/q;+3/p-3/t61-,62+,63+,64+,65+,66+,67+,68+,69+;/m1./s1/i;1-4. The van der Waals surface area contributed by atoms with Gasteiger partial charge in [-0.15, -0.1) is 0 Å². The van der Waals surface area contributed by atoms with Gasteiger partial charge in [0.25, 0.3) is 0 Å². The monoisotopic (exact) mass is 1930 g/mol. The summed E-state index contributed by atoms with van der Waals surface area (Å²) in [5.74, 6) is -14.2. The third-order valence-corrected chi connectivity index (χ3v) is 22.6. The van der Waals surface area contributed by atoms with E-state index in [4.69, 9.17) is 16.9 Å². The Balaban J connectivity index is 0.0000264. The van der Waals surface area contributed by atoms with E-state index in [1.807, 2.05) is 4.90 Å². The number of aliphatic hydroxyl groups excluding tert-OH is 1. The number of nitrogens with one attached hydrogen (secondary N) is 15. The molecule has 3 saturated heterocycles. The summed E-state index contributed by atoms with van der Waals surface area (Å²) >= 11 is 0. The Morgan fingerprint density at radius 1 is 0.527 bits per heavy atom. The molecule has 131 heavy (non-hydrogen) atoms. The van der Waals surface area contributed by atoms with Crippen molar-refractivity contribution < 1.29 is 102 Å². The van der Waals surface area contributed by atoms with E-state index in [0.29, 0.717) is 53.5 Å². The second-order valence-corrected chi connectivity index (χ2v) is 33.4. The number of likely N-dealkylation sites (tertiary alicyclic amines) is 1. The van der Waals surface area contributed by atoms with E-state index < -0.39 is 164 Å². The van der Waals surface area contributed by atoms with E-state index in [-0.39, 0.29) is 223 Å². The Labute approximate surface area is 778 Å². The number of carboxylic acid groups (broad SMARTS) is 3. The Hall–Kier alpha value is -11.5. The number of aromatic hydroxyl groups is 1. The molecule has 0 radical (unpaired) electrons. The van der Waals surface area contributed by atoms with Crippen LogP contribution in [0.4, 0.5) is 0 Å². The van der Waals surface area contributed by atoms with Gasteiger partial charge in [-0.05, 0) is 106 Å². The number of guanidine groups is 1. The zero-order chi connectivity index (χ0) is 94.6. The number of H-pyrrole nitrogens is 2. The average Bonchev–Trinajstić information content (AvgIpc) is 1.72. The summed E-state index contributed by atoms with van der Waals surface area (Å²) in [6.07, 6.45) is 11.6. The van der Waals surface area contributed by atoms with Crippen molar-refractivity contribution in [3.8, 4) is 5.75 Å². The van der Waals surface area contributed by atoms with Crippen molar-refractivity contribution in [1.29, 1.82) is 5.41 Å².